The van der Waals surface area contributed by atoms with Crippen LogP contribution in [0.25, 0.3) is 0 Å². The molecule has 0 amide bonds. The van der Waals surface area contributed by atoms with E-state index in [0.717, 1.165) is 24.1 Å². The van der Waals surface area contributed by atoms with Crippen molar-refractivity contribution in [3.8, 4) is 11.5 Å². The van der Waals surface area contributed by atoms with E-state index in [2.05, 4.69) is 5.32 Å². The summed E-state index contributed by atoms with van der Waals surface area (Å²) in [5.41, 5.74) is 2.07. The molecule has 1 aromatic carbocycles. The normalized spacial score (nSPS) is 14.5. The van der Waals surface area contributed by atoms with E-state index in [4.69, 9.17) is 32.7 Å². The monoisotopic (exact) mass is 261 g/mol. The molecule has 2 rings (SSSR count). The first-order chi connectivity index (χ1) is 7.70. The smallest absolute Gasteiger partial charge is 0.181 e. The van der Waals surface area contributed by atoms with Crippen molar-refractivity contribution in [2.24, 2.45) is 0 Å². The van der Waals surface area contributed by atoms with Crippen molar-refractivity contribution < 1.29 is 9.47 Å². The first-order valence-electron chi connectivity index (χ1n) is 5.02. The zero-order chi connectivity index (χ0) is 11.7. The molecule has 0 radical (unpaired) electrons. The van der Waals surface area contributed by atoms with Gasteiger partial charge in [-0.05, 0) is 24.1 Å². The minimum Gasteiger partial charge on any atom is -0.491 e. The molecule has 0 fully saturated rings. The quantitative estimate of drug-likeness (QED) is 0.888. The lowest BCUT2D eigenvalue weighted by molar-refractivity contribution is 0.354. The summed E-state index contributed by atoms with van der Waals surface area (Å²) in [6.45, 7) is 1.62. The van der Waals surface area contributed by atoms with Crippen molar-refractivity contribution in [1.29, 1.82) is 0 Å². The van der Waals surface area contributed by atoms with Crippen LogP contribution < -0.4 is 14.8 Å². The second-order valence-corrected chi connectivity index (χ2v) is 4.33. The van der Waals surface area contributed by atoms with Gasteiger partial charge < -0.3 is 14.8 Å². The summed E-state index contributed by atoms with van der Waals surface area (Å²) in [4.78, 5) is 0. The standard InChI is InChI=1S/C11H13Cl2NO2/c1-15-10-8(12)6-3-4-14-5-7(6)9(13)11(10)16-2/h14H,3-5H2,1-2H3. The van der Waals surface area contributed by atoms with Crippen molar-refractivity contribution in [1.82, 2.24) is 5.32 Å². The Morgan fingerprint density at radius 1 is 1.00 bits per heavy atom. The molecule has 0 saturated carbocycles. The van der Waals surface area contributed by atoms with Gasteiger partial charge in [0.1, 0.15) is 0 Å². The molecule has 1 heterocycles. The van der Waals surface area contributed by atoms with Gasteiger partial charge in [0.15, 0.2) is 11.5 Å². The lowest BCUT2D eigenvalue weighted by atomic mass is 10.00. The van der Waals surface area contributed by atoms with Crippen LogP contribution >= 0.6 is 23.2 Å². The molecule has 5 heteroatoms. The lowest BCUT2D eigenvalue weighted by Crippen LogP contribution is -2.24. The first kappa shape index (κ1) is 11.8. The summed E-state index contributed by atoms with van der Waals surface area (Å²) in [5, 5.41) is 4.46. The van der Waals surface area contributed by atoms with Gasteiger partial charge in [-0.2, -0.15) is 0 Å². The molecule has 0 spiro atoms. The fraction of sp³-hybridized carbons (Fsp3) is 0.455. The molecule has 0 saturated heterocycles. The van der Waals surface area contributed by atoms with Crippen molar-refractivity contribution in [2.45, 2.75) is 13.0 Å². The molecular weight excluding hydrogens is 249 g/mol. The number of ether oxygens (including phenoxy) is 2. The summed E-state index contributed by atoms with van der Waals surface area (Å²) < 4.78 is 10.5. The number of nitrogens with one attached hydrogen (secondary N) is 1. The molecule has 1 aromatic rings. The van der Waals surface area contributed by atoms with Crippen LogP contribution in [-0.2, 0) is 13.0 Å². The van der Waals surface area contributed by atoms with Crippen LogP contribution in [0.1, 0.15) is 11.1 Å². The first-order valence-corrected chi connectivity index (χ1v) is 5.77. The molecule has 88 valence electrons. The fourth-order valence-corrected chi connectivity index (χ4v) is 2.69. The van der Waals surface area contributed by atoms with Gasteiger partial charge in [-0.3, -0.25) is 0 Å². The number of methoxy groups -OCH3 is 2. The average molecular weight is 262 g/mol. The zero-order valence-electron chi connectivity index (χ0n) is 9.19. The maximum Gasteiger partial charge on any atom is 0.181 e. The van der Waals surface area contributed by atoms with E-state index in [9.17, 15) is 0 Å². The Labute approximate surface area is 105 Å². The molecule has 1 aliphatic rings. The molecule has 1 N–H and O–H groups in total. The summed E-state index contributed by atoms with van der Waals surface area (Å²) in [5.74, 6) is 1.03. The SMILES string of the molecule is COc1c(Cl)c2c(c(Cl)c1OC)CNCC2. The van der Waals surface area contributed by atoms with Crippen LogP contribution in [0.3, 0.4) is 0 Å². The van der Waals surface area contributed by atoms with Gasteiger partial charge in [-0.25, -0.2) is 0 Å². The molecule has 16 heavy (non-hydrogen) atoms. The van der Waals surface area contributed by atoms with Crippen LogP contribution in [0.15, 0.2) is 0 Å². The van der Waals surface area contributed by atoms with E-state index in [1.165, 1.54) is 0 Å². The minimum absolute atomic E-state index is 0.511. The number of hydrogen-bond acceptors (Lipinski definition) is 3. The van der Waals surface area contributed by atoms with E-state index in [1.54, 1.807) is 14.2 Å². The van der Waals surface area contributed by atoms with Crippen LogP contribution in [0, 0.1) is 0 Å². The topological polar surface area (TPSA) is 30.5 Å². The largest absolute Gasteiger partial charge is 0.491 e. The maximum atomic E-state index is 6.29. The van der Waals surface area contributed by atoms with Gasteiger partial charge >= 0.3 is 0 Å². The van der Waals surface area contributed by atoms with Crippen LogP contribution in [-0.4, -0.2) is 20.8 Å². The van der Waals surface area contributed by atoms with Crippen molar-refractivity contribution >= 4 is 23.2 Å². The second-order valence-electron chi connectivity index (χ2n) is 3.58. The summed E-state index contributed by atoms with van der Waals surface area (Å²) in [6.07, 6.45) is 0.855. The molecule has 1 aliphatic heterocycles. The van der Waals surface area contributed by atoms with Gasteiger partial charge in [0.2, 0.25) is 0 Å². The Balaban J connectivity index is 2.69. The average Bonchev–Trinajstić information content (AvgIpc) is 2.33. The van der Waals surface area contributed by atoms with Gasteiger partial charge in [-0.1, -0.05) is 23.2 Å². The Bertz CT molecular complexity index is 365. The Kier molecular flexibility index (Phi) is 3.47. The number of fused-ring (bicyclic) bond motifs is 1. The Morgan fingerprint density at radius 2 is 1.56 bits per heavy atom. The molecular formula is C11H13Cl2NO2. The van der Waals surface area contributed by atoms with Crippen LogP contribution in [0.4, 0.5) is 0 Å². The number of hydrogen-bond donors (Lipinski definition) is 1. The van der Waals surface area contributed by atoms with Gasteiger partial charge in [0.25, 0.3) is 0 Å². The summed E-state index contributed by atoms with van der Waals surface area (Å²) in [7, 11) is 3.12. The van der Waals surface area contributed by atoms with E-state index >= 15 is 0 Å². The van der Waals surface area contributed by atoms with E-state index in [-0.39, 0.29) is 0 Å². The lowest BCUT2D eigenvalue weighted by Gasteiger charge is -2.23. The van der Waals surface area contributed by atoms with Crippen molar-refractivity contribution in [2.75, 3.05) is 20.8 Å². The summed E-state index contributed by atoms with van der Waals surface area (Å²) in [6, 6.07) is 0. The molecule has 0 bridgehead atoms. The third kappa shape index (κ3) is 1.73. The third-order valence-corrected chi connectivity index (χ3v) is 3.56. The highest BCUT2D eigenvalue weighted by Crippen LogP contribution is 2.46. The zero-order valence-corrected chi connectivity index (χ0v) is 10.7. The second kappa shape index (κ2) is 4.70. The minimum atomic E-state index is 0.511. The highest BCUT2D eigenvalue weighted by molar-refractivity contribution is 6.37. The molecule has 0 unspecified atom stereocenters. The summed E-state index contributed by atoms with van der Waals surface area (Å²) >= 11 is 12.6. The number of rotatable bonds is 2. The highest BCUT2D eigenvalue weighted by atomic mass is 35.5. The molecule has 0 aromatic heterocycles. The van der Waals surface area contributed by atoms with Gasteiger partial charge in [0, 0.05) is 6.54 Å². The van der Waals surface area contributed by atoms with E-state index in [0.29, 0.717) is 28.1 Å². The van der Waals surface area contributed by atoms with E-state index in [1.807, 2.05) is 0 Å². The van der Waals surface area contributed by atoms with Crippen molar-refractivity contribution in [3.63, 3.8) is 0 Å². The molecule has 0 aliphatic carbocycles. The van der Waals surface area contributed by atoms with Crippen LogP contribution in [0.5, 0.6) is 11.5 Å². The molecule has 0 atom stereocenters. The van der Waals surface area contributed by atoms with Gasteiger partial charge in [0.05, 0.1) is 24.3 Å². The van der Waals surface area contributed by atoms with Crippen molar-refractivity contribution in [3.05, 3.63) is 21.2 Å². The maximum absolute atomic E-state index is 6.29. The number of benzene rings is 1. The fourth-order valence-electron chi connectivity index (χ4n) is 1.97. The van der Waals surface area contributed by atoms with E-state index < -0.39 is 0 Å². The molecule has 3 nitrogen and oxygen atoms in total. The highest BCUT2D eigenvalue weighted by Gasteiger charge is 2.24. The van der Waals surface area contributed by atoms with Gasteiger partial charge in [-0.15, -0.1) is 0 Å². The Morgan fingerprint density at radius 3 is 2.12 bits per heavy atom. The third-order valence-electron chi connectivity index (χ3n) is 2.76. The predicted octanol–water partition coefficient (Wildman–Crippen LogP) is 2.66. The van der Waals surface area contributed by atoms with Crippen LogP contribution in [0.2, 0.25) is 10.0 Å². The predicted molar refractivity (Wildman–Crippen MR) is 65.0 cm³/mol. The number of halogens is 2. The Hall–Kier alpha value is -0.640.